The second-order valence-corrected chi connectivity index (χ2v) is 14.4. The molecule has 0 bridgehead atoms. The molecular formula is C38H73N2O7P. The summed E-state index contributed by atoms with van der Waals surface area (Å²) in [6.07, 6.45) is 35.2. The van der Waals surface area contributed by atoms with Crippen LogP contribution in [0.3, 0.4) is 0 Å². The van der Waals surface area contributed by atoms with Gasteiger partial charge in [0, 0.05) is 6.54 Å². The minimum atomic E-state index is -4.40. The molecule has 0 saturated carbocycles. The number of nitrogens with two attached hydrogens (primary N) is 1. The topological polar surface area (TPSA) is 151 Å². The van der Waals surface area contributed by atoms with E-state index in [4.69, 9.17) is 14.8 Å². The number of aliphatic hydroxyl groups excluding tert-OH is 2. The third kappa shape index (κ3) is 31.9. The van der Waals surface area contributed by atoms with Crippen LogP contribution in [0.2, 0.25) is 0 Å². The lowest BCUT2D eigenvalue weighted by Gasteiger charge is -2.24. The minimum Gasteiger partial charge on any atom is -0.393 e. The van der Waals surface area contributed by atoms with Gasteiger partial charge in [-0.15, -0.1) is 0 Å². The second kappa shape index (κ2) is 34.1. The smallest absolute Gasteiger partial charge is 0.393 e. The molecule has 0 aromatic carbocycles. The van der Waals surface area contributed by atoms with Crippen LogP contribution in [0.25, 0.3) is 0 Å². The summed E-state index contributed by atoms with van der Waals surface area (Å²) in [6.45, 7) is 3.90. The molecular weight excluding hydrogens is 627 g/mol. The summed E-state index contributed by atoms with van der Waals surface area (Å²) in [7, 11) is -4.40. The van der Waals surface area contributed by atoms with Crippen molar-refractivity contribution in [1.82, 2.24) is 5.32 Å². The average molecular weight is 701 g/mol. The summed E-state index contributed by atoms with van der Waals surface area (Å²) in [6, 6.07) is -1.00. The van der Waals surface area contributed by atoms with Crippen LogP contribution in [-0.4, -0.2) is 59.0 Å². The van der Waals surface area contributed by atoms with Gasteiger partial charge in [0.25, 0.3) is 0 Å². The molecule has 4 atom stereocenters. The molecule has 0 spiro atoms. The third-order valence-electron chi connectivity index (χ3n) is 8.24. The Bertz CT molecular complexity index is 868. The molecule has 0 rings (SSSR count). The molecule has 6 N–H and O–H groups in total. The van der Waals surface area contributed by atoms with Crippen molar-refractivity contribution in [3.63, 3.8) is 0 Å². The largest absolute Gasteiger partial charge is 0.472 e. The predicted molar refractivity (Wildman–Crippen MR) is 200 cm³/mol. The molecule has 0 saturated heterocycles. The lowest BCUT2D eigenvalue weighted by Crippen LogP contribution is -2.46. The zero-order chi connectivity index (χ0) is 35.6. The zero-order valence-electron chi connectivity index (χ0n) is 30.6. The van der Waals surface area contributed by atoms with Crippen LogP contribution in [-0.2, 0) is 18.4 Å². The van der Waals surface area contributed by atoms with Crippen molar-refractivity contribution < 1.29 is 33.5 Å². The Hall–Kier alpha value is -1.32. The summed E-state index contributed by atoms with van der Waals surface area (Å²) in [4.78, 5) is 22.6. The lowest BCUT2D eigenvalue weighted by atomic mass is 10.1. The highest BCUT2D eigenvalue weighted by molar-refractivity contribution is 7.47. The van der Waals surface area contributed by atoms with Crippen molar-refractivity contribution in [2.75, 3.05) is 19.8 Å². The molecule has 48 heavy (non-hydrogen) atoms. The van der Waals surface area contributed by atoms with Gasteiger partial charge in [0.2, 0.25) is 5.91 Å². The predicted octanol–water partition coefficient (Wildman–Crippen LogP) is 8.97. The van der Waals surface area contributed by atoms with E-state index in [1.165, 1.54) is 83.5 Å². The Kier molecular flexibility index (Phi) is 33.2. The maximum absolute atomic E-state index is 12.7. The molecule has 0 aliphatic heterocycles. The van der Waals surface area contributed by atoms with Crippen molar-refractivity contribution in [2.24, 2.45) is 5.73 Å². The summed E-state index contributed by atoms with van der Waals surface area (Å²) in [5.41, 5.74) is 5.34. The van der Waals surface area contributed by atoms with E-state index in [0.29, 0.717) is 12.8 Å². The SMILES string of the molecule is CCCCCCCC/C=C/CC/C=C/C(O)C(COP(=O)(O)OCCN)NC(=O)CC(O)CCCCC/C=C\CCCCCCCCC. The van der Waals surface area contributed by atoms with Crippen molar-refractivity contribution in [1.29, 1.82) is 0 Å². The molecule has 282 valence electrons. The molecule has 0 aromatic rings. The van der Waals surface area contributed by atoms with Gasteiger partial charge in [-0.1, -0.05) is 134 Å². The van der Waals surface area contributed by atoms with Crippen LogP contribution in [0.15, 0.2) is 36.5 Å². The summed E-state index contributed by atoms with van der Waals surface area (Å²) >= 11 is 0. The number of hydrogen-bond acceptors (Lipinski definition) is 7. The van der Waals surface area contributed by atoms with Crippen LogP contribution in [0.5, 0.6) is 0 Å². The molecule has 10 heteroatoms. The Morgan fingerprint density at radius 3 is 1.73 bits per heavy atom. The molecule has 0 radical (unpaired) electrons. The number of phosphoric ester groups is 1. The number of carbonyl (C=O) groups is 1. The fraction of sp³-hybridized carbons (Fsp3) is 0.816. The number of amides is 1. The highest BCUT2D eigenvalue weighted by Gasteiger charge is 2.27. The Labute approximate surface area is 293 Å². The number of nitrogens with one attached hydrogen (secondary N) is 1. The quantitative estimate of drug-likeness (QED) is 0.0250. The van der Waals surface area contributed by atoms with E-state index in [1.807, 2.05) is 6.08 Å². The van der Waals surface area contributed by atoms with Gasteiger partial charge in [-0.3, -0.25) is 13.8 Å². The maximum Gasteiger partial charge on any atom is 0.472 e. The van der Waals surface area contributed by atoms with Crippen LogP contribution >= 0.6 is 7.82 Å². The highest BCUT2D eigenvalue weighted by Crippen LogP contribution is 2.43. The van der Waals surface area contributed by atoms with E-state index < -0.39 is 38.6 Å². The summed E-state index contributed by atoms with van der Waals surface area (Å²) in [5.74, 6) is -0.467. The van der Waals surface area contributed by atoms with Gasteiger partial charge in [-0.25, -0.2) is 4.57 Å². The van der Waals surface area contributed by atoms with E-state index in [-0.39, 0.29) is 19.6 Å². The molecule has 0 aromatic heterocycles. The van der Waals surface area contributed by atoms with Crippen LogP contribution in [0.1, 0.15) is 162 Å². The van der Waals surface area contributed by atoms with Crippen molar-refractivity contribution in [3.8, 4) is 0 Å². The van der Waals surface area contributed by atoms with E-state index in [0.717, 1.165) is 44.9 Å². The molecule has 9 nitrogen and oxygen atoms in total. The van der Waals surface area contributed by atoms with Crippen LogP contribution in [0, 0.1) is 0 Å². The number of carbonyl (C=O) groups excluding carboxylic acids is 1. The van der Waals surface area contributed by atoms with Crippen LogP contribution in [0.4, 0.5) is 0 Å². The molecule has 0 heterocycles. The van der Waals surface area contributed by atoms with E-state index in [2.05, 4.69) is 43.5 Å². The van der Waals surface area contributed by atoms with E-state index >= 15 is 0 Å². The monoisotopic (exact) mass is 701 g/mol. The highest BCUT2D eigenvalue weighted by atomic mass is 31.2. The van der Waals surface area contributed by atoms with E-state index in [9.17, 15) is 24.5 Å². The summed E-state index contributed by atoms with van der Waals surface area (Å²) < 4.78 is 21.9. The molecule has 1 amide bonds. The Morgan fingerprint density at radius 2 is 1.19 bits per heavy atom. The van der Waals surface area contributed by atoms with Gasteiger partial charge in [-0.2, -0.15) is 0 Å². The first kappa shape index (κ1) is 46.7. The van der Waals surface area contributed by atoms with Gasteiger partial charge in [0.15, 0.2) is 0 Å². The number of allylic oxidation sites excluding steroid dienone is 5. The van der Waals surface area contributed by atoms with Gasteiger partial charge in [-0.05, 0) is 57.8 Å². The normalized spacial score (nSPS) is 15.4. The lowest BCUT2D eigenvalue weighted by molar-refractivity contribution is -0.124. The Morgan fingerprint density at radius 1 is 0.708 bits per heavy atom. The van der Waals surface area contributed by atoms with Gasteiger partial charge < -0.3 is 26.2 Å². The number of aliphatic hydroxyl groups is 2. The van der Waals surface area contributed by atoms with Crippen LogP contribution < -0.4 is 11.1 Å². The molecule has 0 aliphatic carbocycles. The fourth-order valence-corrected chi connectivity index (χ4v) is 6.06. The van der Waals surface area contributed by atoms with Crippen molar-refractivity contribution in [3.05, 3.63) is 36.5 Å². The van der Waals surface area contributed by atoms with E-state index in [1.54, 1.807) is 6.08 Å². The zero-order valence-corrected chi connectivity index (χ0v) is 31.5. The van der Waals surface area contributed by atoms with Gasteiger partial charge >= 0.3 is 7.82 Å². The number of phosphoric acid groups is 1. The van der Waals surface area contributed by atoms with Gasteiger partial charge in [0.1, 0.15) is 0 Å². The second-order valence-electron chi connectivity index (χ2n) is 13.0. The van der Waals surface area contributed by atoms with Crippen molar-refractivity contribution in [2.45, 2.75) is 180 Å². The average Bonchev–Trinajstić information content (AvgIpc) is 3.06. The molecule has 4 unspecified atom stereocenters. The molecule has 0 fully saturated rings. The first-order valence-corrected chi connectivity index (χ1v) is 20.7. The first-order valence-electron chi connectivity index (χ1n) is 19.2. The Balaban J connectivity index is 4.49. The number of hydrogen-bond donors (Lipinski definition) is 5. The maximum atomic E-state index is 12.7. The first-order chi connectivity index (χ1) is 23.3. The third-order valence-corrected chi connectivity index (χ3v) is 9.23. The van der Waals surface area contributed by atoms with Gasteiger partial charge in [0.05, 0.1) is 37.9 Å². The van der Waals surface area contributed by atoms with Crippen molar-refractivity contribution >= 4 is 13.7 Å². The fourth-order valence-electron chi connectivity index (χ4n) is 5.30. The standard InChI is InChI=1S/C38H73N2O7P/c1-3-5-7-9-11-13-15-17-18-19-21-23-25-27-29-35(41)33-38(43)40-36(34-47-48(44,45)46-32-31-39)37(42)30-28-26-24-22-20-16-14-12-10-8-6-4-2/h18-20,22,28,30,35-37,41-42H,3-17,21,23-27,29,31-34,39H2,1-2H3,(H,40,43)(H,44,45)/b19-18-,22-20+,30-28+. The number of rotatable bonds is 35. The number of unbranched alkanes of at least 4 members (excludes halogenated alkanes) is 17. The molecule has 0 aliphatic rings. The minimum absolute atomic E-state index is 0.0424. The summed E-state index contributed by atoms with van der Waals surface area (Å²) in [5, 5.41) is 23.9.